The van der Waals surface area contributed by atoms with Gasteiger partial charge < -0.3 is 14.4 Å². The van der Waals surface area contributed by atoms with Crippen molar-refractivity contribution in [1.82, 2.24) is 9.80 Å². The molecule has 1 aliphatic heterocycles. The van der Waals surface area contributed by atoms with E-state index >= 15 is 0 Å². The van der Waals surface area contributed by atoms with E-state index < -0.39 is 6.10 Å². The average Bonchev–Trinajstić information content (AvgIpc) is 3.10. The van der Waals surface area contributed by atoms with Crippen LogP contribution >= 0.6 is 0 Å². The Balaban J connectivity index is 1.46. The average molecular weight is 304 g/mol. The van der Waals surface area contributed by atoms with Crippen LogP contribution in [0, 0.1) is 5.92 Å². The third-order valence-corrected chi connectivity index (χ3v) is 4.61. The topological polar surface area (TPSA) is 56.9 Å². The summed E-state index contributed by atoms with van der Waals surface area (Å²) in [6.45, 7) is 3.69. The summed E-state index contributed by atoms with van der Waals surface area (Å²) in [7, 11) is 0. The predicted octanol–water partition coefficient (Wildman–Crippen LogP) is 1.81. The highest BCUT2D eigenvalue weighted by molar-refractivity contribution is 5.79. The number of carbonyl (C=O) groups is 1. The van der Waals surface area contributed by atoms with Crippen molar-refractivity contribution in [3.8, 4) is 0 Å². The number of β-amino-alcohol motifs (C(OH)–C–C–N with tert-alkyl or cyclic N) is 1. The minimum atomic E-state index is -0.597. The van der Waals surface area contributed by atoms with Gasteiger partial charge in [-0.2, -0.15) is 0 Å². The molecular weight excluding hydrogens is 280 g/mol. The number of piperazine rings is 1. The number of aliphatic hydroxyl groups is 1. The lowest BCUT2D eigenvalue weighted by Crippen LogP contribution is -2.51. The molecule has 5 heteroatoms. The number of carbonyl (C=O) groups excluding carboxylic acids is 1. The molecule has 0 aromatic carbocycles. The van der Waals surface area contributed by atoms with Crippen LogP contribution in [-0.2, 0) is 4.79 Å². The summed E-state index contributed by atoms with van der Waals surface area (Å²) >= 11 is 0. The molecule has 1 aromatic rings. The zero-order valence-corrected chi connectivity index (χ0v) is 12.9. The summed E-state index contributed by atoms with van der Waals surface area (Å²) in [5, 5.41) is 10.1. The molecule has 1 amide bonds. The van der Waals surface area contributed by atoms with Gasteiger partial charge in [-0.3, -0.25) is 9.69 Å². The van der Waals surface area contributed by atoms with E-state index in [4.69, 9.17) is 4.42 Å². The molecule has 0 spiro atoms. The van der Waals surface area contributed by atoms with E-state index in [9.17, 15) is 9.90 Å². The molecule has 22 heavy (non-hydrogen) atoms. The molecule has 5 nitrogen and oxygen atoms in total. The third-order valence-electron chi connectivity index (χ3n) is 4.61. The standard InChI is InChI=1S/C17H24N2O3/c20-15(16-7-4-12-22-16)13-18-8-10-19(11-9-18)17(21)14-5-2-1-3-6-14/h1-2,4,7,12,14-15,20H,3,5-6,8-11,13H2/t14-,15-/m0/s1. The van der Waals surface area contributed by atoms with Crippen LogP contribution in [0.3, 0.4) is 0 Å². The Kier molecular flexibility index (Phi) is 4.95. The first-order valence-corrected chi connectivity index (χ1v) is 8.11. The fourth-order valence-electron chi connectivity index (χ4n) is 3.24. The summed E-state index contributed by atoms with van der Waals surface area (Å²) in [4.78, 5) is 16.7. The maximum absolute atomic E-state index is 12.5. The van der Waals surface area contributed by atoms with Crippen molar-refractivity contribution < 1.29 is 14.3 Å². The van der Waals surface area contributed by atoms with Crippen molar-refractivity contribution in [2.45, 2.75) is 25.4 Å². The molecule has 1 N–H and O–H groups in total. The largest absolute Gasteiger partial charge is 0.467 e. The number of furan rings is 1. The maximum atomic E-state index is 12.5. The second kappa shape index (κ2) is 7.11. The van der Waals surface area contributed by atoms with Gasteiger partial charge in [-0.05, 0) is 31.4 Å². The Bertz CT molecular complexity index is 504. The van der Waals surface area contributed by atoms with Crippen LogP contribution in [0.1, 0.15) is 31.1 Å². The first kappa shape index (κ1) is 15.3. The number of aliphatic hydroxyl groups excluding tert-OH is 1. The van der Waals surface area contributed by atoms with Gasteiger partial charge in [-0.1, -0.05) is 12.2 Å². The van der Waals surface area contributed by atoms with Crippen molar-refractivity contribution >= 4 is 5.91 Å². The van der Waals surface area contributed by atoms with Crippen LogP contribution < -0.4 is 0 Å². The van der Waals surface area contributed by atoms with Gasteiger partial charge in [0.05, 0.1) is 6.26 Å². The summed E-state index contributed by atoms with van der Waals surface area (Å²) in [6, 6.07) is 3.58. The number of amides is 1. The second-order valence-corrected chi connectivity index (χ2v) is 6.14. The fourth-order valence-corrected chi connectivity index (χ4v) is 3.24. The van der Waals surface area contributed by atoms with Gasteiger partial charge in [0.25, 0.3) is 0 Å². The van der Waals surface area contributed by atoms with Crippen LogP contribution in [0.2, 0.25) is 0 Å². The highest BCUT2D eigenvalue weighted by Crippen LogP contribution is 2.22. The molecule has 2 atom stereocenters. The van der Waals surface area contributed by atoms with Crippen LogP contribution in [0.4, 0.5) is 0 Å². The van der Waals surface area contributed by atoms with Crippen molar-refractivity contribution in [3.05, 3.63) is 36.3 Å². The molecule has 2 aliphatic rings. The monoisotopic (exact) mass is 304 g/mol. The van der Waals surface area contributed by atoms with Gasteiger partial charge in [0.15, 0.2) is 0 Å². The lowest BCUT2D eigenvalue weighted by Gasteiger charge is -2.37. The molecule has 0 bridgehead atoms. The first-order valence-electron chi connectivity index (χ1n) is 8.11. The molecule has 0 saturated carbocycles. The fraction of sp³-hybridized carbons (Fsp3) is 0.588. The van der Waals surface area contributed by atoms with Gasteiger partial charge in [-0.25, -0.2) is 0 Å². The lowest BCUT2D eigenvalue weighted by molar-refractivity contribution is -0.137. The van der Waals surface area contributed by atoms with E-state index in [1.807, 2.05) is 4.90 Å². The summed E-state index contributed by atoms with van der Waals surface area (Å²) in [5.74, 6) is 1.08. The van der Waals surface area contributed by atoms with Crippen molar-refractivity contribution in [3.63, 3.8) is 0 Å². The number of nitrogens with zero attached hydrogens (tertiary/aromatic N) is 2. The molecule has 120 valence electrons. The third kappa shape index (κ3) is 3.59. The highest BCUT2D eigenvalue weighted by Gasteiger charge is 2.28. The van der Waals surface area contributed by atoms with Gasteiger partial charge in [0, 0.05) is 38.6 Å². The van der Waals surface area contributed by atoms with Gasteiger partial charge in [0.2, 0.25) is 5.91 Å². The van der Waals surface area contributed by atoms with E-state index in [1.54, 1.807) is 18.4 Å². The molecule has 2 heterocycles. The summed E-state index contributed by atoms with van der Waals surface area (Å²) in [6.07, 6.45) is 8.16. The summed E-state index contributed by atoms with van der Waals surface area (Å²) < 4.78 is 5.23. The lowest BCUT2D eigenvalue weighted by atomic mass is 9.93. The Morgan fingerprint density at radius 1 is 1.32 bits per heavy atom. The van der Waals surface area contributed by atoms with Crippen molar-refractivity contribution in [1.29, 1.82) is 0 Å². The molecular formula is C17H24N2O3. The number of rotatable bonds is 4. The van der Waals surface area contributed by atoms with E-state index in [0.717, 1.165) is 45.4 Å². The number of allylic oxidation sites excluding steroid dienone is 2. The van der Waals surface area contributed by atoms with Crippen LogP contribution in [-0.4, -0.2) is 53.5 Å². The highest BCUT2D eigenvalue weighted by atomic mass is 16.4. The quantitative estimate of drug-likeness (QED) is 0.862. The predicted molar refractivity (Wildman–Crippen MR) is 83.2 cm³/mol. The SMILES string of the molecule is O=C([C@H]1CC=CCC1)N1CCN(C[C@H](O)c2ccco2)CC1. The molecule has 1 fully saturated rings. The van der Waals surface area contributed by atoms with Gasteiger partial charge in [-0.15, -0.1) is 0 Å². The second-order valence-electron chi connectivity index (χ2n) is 6.14. The molecule has 0 radical (unpaired) electrons. The molecule has 1 aromatic heterocycles. The maximum Gasteiger partial charge on any atom is 0.226 e. The zero-order valence-electron chi connectivity index (χ0n) is 12.9. The van der Waals surface area contributed by atoms with E-state index in [-0.39, 0.29) is 5.92 Å². The Labute approximate surface area is 131 Å². The zero-order chi connectivity index (χ0) is 15.4. The van der Waals surface area contributed by atoms with Crippen LogP contribution in [0.5, 0.6) is 0 Å². The van der Waals surface area contributed by atoms with Gasteiger partial charge >= 0.3 is 0 Å². The van der Waals surface area contributed by atoms with Crippen molar-refractivity contribution in [2.24, 2.45) is 5.92 Å². The minimum Gasteiger partial charge on any atom is -0.467 e. The molecule has 1 aliphatic carbocycles. The normalized spacial score (nSPS) is 24.4. The smallest absolute Gasteiger partial charge is 0.226 e. The van der Waals surface area contributed by atoms with E-state index in [0.29, 0.717) is 18.2 Å². The number of hydrogen-bond acceptors (Lipinski definition) is 4. The first-order chi connectivity index (χ1) is 10.7. The molecule has 0 unspecified atom stereocenters. The minimum absolute atomic E-state index is 0.172. The molecule has 3 rings (SSSR count). The van der Waals surface area contributed by atoms with Crippen molar-refractivity contribution in [2.75, 3.05) is 32.7 Å². The summed E-state index contributed by atoms with van der Waals surface area (Å²) in [5.41, 5.74) is 0. The Morgan fingerprint density at radius 2 is 2.14 bits per heavy atom. The Morgan fingerprint density at radius 3 is 2.77 bits per heavy atom. The van der Waals surface area contributed by atoms with Crippen LogP contribution in [0.25, 0.3) is 0 Å². The van der Waals surface area contributed by atoms with Crippen LogP contribution in [0.15, 0.2) is 35.0 Å². The Hall–Kier alpha value is -1.59. The van der Waals surface area contributed by atoms with Gasteiger partial charge in [0.1, 0.15) is 11.9 Å². The number of hydrogen-bond donors (Lipinski definition) is 1. The van der Waals surface area contributed by atoms with E-state index in [2.05, 4.69) is 17.1 Å². The molecule has 1 saturated heterocycles. The van der Waals surface area contributed by atoms with E-state index in [1.165, 1.54) is 0 Å².